The van der Waals surface area contributed by atoms with Gasteiger partial charge in [0.05, 0.1) is 18.3 Å². The highest BCUT2D eigenvalue weighted by Crippen LogP contribution is 2.42. The number of hydrogen-bond donors (Lipinski definition) is 1. The van der Waals surface area contributed by atoms with Gasteiger partial charge in [0.2, 0.25) is 15.9 Å². The maximum Gasteiger partial charge on any atom is 0.348 e. The standard InChI is InChI=1S/C32H38N4O5S2/c1-21-16-25(18-33-31(21)35-15-9-10-22(35)2)43(40,41)34-19-27(23-11-5-3-6-12-23)36(29(37)20-34)26-17-28(42-30(26)32(38)39)24-13-7-4-8-14-24/h4,7-8,13-14,16-18,22-23,27H,3,5-6,9-12,15,19-20H2,1-2H3,(H,38,39)/t22-,27+/m1/s1. The number of carbonyl (C=O) groups excluding carboxylic acids is 1. The molecule has 2 aliphatic heterocycles. The Balaban J connectivity index is 1.35. The number of aryl methyl sites for hydroxylation is 1. The van der Waals surface area contributed by atoms with E-state index in [4.69, 9.17) is 0 Å². The summed E-state index contributed by atoms with van der Waals surface area (Å²) in [5.41, 5.74) is 2.02. The predicted molar refractivity (Wildman–Crippen MR) is 168 cm³/mol. The molecule has 1 aromatic carbocycles. The van der Waals surface area contributed by atoms with E-state index in [-0.39, 0.29) is 28.8 Å². The van der Waals surface area contributed by atoms with Crippen LogP contribution in [0.5, 0.6) is 0 Å². The van der Waals surface area contributed by atoms with E-state index in [1.54, 1.807) is 17.0 Å². The molecule has 1 aliphatic carbocycles. The van der Waals surface area contributed by atoms with E-state index in [2.05, 4.69) is 16.8 Å². The van der Waals surface area contributed by atoms with E-state index in [1.807, 2.05) is 37.3 Å². The highest BCUT2D eigenvalue weighted by Gasteiger charge is 2.44. The second kappa shape index (κ2) is 12.0. The maximum absolute atomic E-state index is 14.0. The van der Waals surface area contributed by atoms with Crippen LogP contribution in [-0.4, -0.2) is 66.4 Å². The first kappa shape index (κ1) is 29.8. The number of carboxylic acid groups (broad SMARTS) is 1. The second-order valence-electron chi connectivity index (χ2n) is 12.0. The van der Waals surface area contributed by atoms with E-state index < -0.39 is 27.9 Å². The molecule has 9 nitrogen and oxygen atoms in total. The number of hydrogen-bond acceptors (Lipinski definition) is 7. The normalized spacial score (nSPS) is 22.3. The Morgan fingerprint density at radius 3 is 2.44 bits per heavy atom. The van der Waals surface area contributed by atoms with Crippen LogP contribution in [0.15, 0.2) is 53.6 Å². The number of pyridine rings is 1. The van der Waals surface area contributed by atoms with Crippen molar-refractivity contribution in [3.63, 3.8) is 0 Å². The molecule has 43 heavy (non-hydrogen) atoms. The topological polar surface area (TPSA) is 111 Å². The first-order valence-electron chi connectivity index (χ1n) is 15.1. The van der Waals surface area contributed by atoms with Crippen molar-refractivity contribution >= 4 is 44.7 Å². The number of rotatable bonds is 7. The van der Waals surface area contributed by atoms with Gasteiger partial charge in [-0.3, -0.25) is 4.79 Å². The zero-order valence-electron chi connectivity index (χ0n) is 24.6. The highest BCUT2D eigenvalue weighted by molar-refractivity contribution is 7.89. The van der Waals surface area contributed by atoms with Crippen LogP contribution in [0, 0.1) is 12.8 Å². The summed E-state index contributed by atoms with van der Waals surface area (Å²) < 4.78 is 29.3. The van der Waals surface area contributed by atoms with Gasteiger partial charge in [-0.25, -0.2) is 18.2 Å². The number of thiophene rings is 1. The molecular formula is C32H38N4O5S2. The Hall–Kier alpha value is -3.28. The van der Waals surface area contributed by atoms with Gasteiger partial charge in [-0.05, 0) is 68.7 Å². The minimum absolute atomic E-state index is 0.0660. The van der Waals surface area contributed by atoms with E-state index in [9.17, 15) is 23.1 Å². The number of carbonyl (C=O) groups is 2. The molecule has 0 radical (unpaired) electrons. The van der Waals surface area contributed by atoms with Crippen molar-refractivity contribution in [1.82, 2.24) is 9.29 Å². The molecule has 1 N–H and O–H groups in total. The van der Waals surface area contributed by atoms with Crippen molar-refractivity contribution in [2.45, 2.75) is 75.8 Å². The fraction of sp³-hybridized carbons (Fsp3) is 0.469. The molecule has 0 spiro atoms. The van der Waals surface area contributed by atoms with E-state index >= 15 is 0 Å². The van der Waals surface area contributed by atoms with Gasteiger partial charge in [0, 0.05) is 30.2 Å². The molecular weight excluding hydrogens is 585 g/mol. The first-order chi connectivity index (χ1) is 20.6. The number of carboxylic acids is 1. The van der Waals surface area contributed by atoms with Crippen LogP contribution in [0.1, 0.15) is 67.1 Å². The molecule has 0 unspecified atom stereocenters. The quantitative estimate of drug-likeness (QED) is 0.355. The third-order valence-corrected chi connectivity index (χ3v) is 12.1. The zero-order chi connectivity index (χ0) is 30.3. The van der Waals surface area contributed by atoms with Crippen LogP contribution < -0.4 is 9.80 Å². The molecule has 2 aromatic heterocycles. The molecule has 2 saturated heterocycles. The minimum atomic E-state index is -4.02. The first-order valence-corrected chi connectivity index (χ1v) is 17.4. The molecule has 4 heterocycles. The summed E-state index contributed by atoms with van der Waals surface area (Å²) >= 11 is 1.14. The molecule has 6 rings (SSSR count). The Kier molecular flexibility index (Phi) is 8.32. The minimum Gasteiger partial charge on any atom is -0.477 e. The SMILES string of the molecule is Cc1cc(S(=O)(=O)N2CC(=O)N(c3cc(-c4ccccc4)sc3C(=O)O)[C@H](C3CCCCC3)C2)cnc1N1CCC[C@H]1C. The lowest BCUT2D eigenvalue weighted by atomic mass is 9.82. The fourth-order valence-electron chi connectivity index (χ4n) is 6.98. The lowest BCUT2D eigenvalue weighted by Gasteiger charge is -2.44. The van der Waals surface area contributed by atoms with Crippen molar-refractivity contribution in [1.29, 1.82) is 0 Å². The second-order valence-corrected chi connectivity index (χ2v) is 15.0. The van der Waals surface area contributed by atoms with Crippen LogP contribution in [0.2, 0.25) is 0 Å². The lowest BCUT2D eigenvalue weighted by molar-refractivity contribution is -0.121. The number of benzene rings is 1. The summed E-state index contributed by atoms with van der Waals surface area (Å²) in [5.74, 6) is -0.631. The van der Waals surface area contributed by atoms with Crippen molar-refractivity contribution in [3.8, 4) is 10.4 Å². The Bertz CT molecular complexity index is 1620. The van der Waals surface area contributed by atoms with Gasteiger partial charge in [0.1, 0.15) is 15.6 Å². The molecule has 3 aliphatic rings. The van der Waals surface area contributed by atoms with Crippen LogP contribution in [0.3, 0.4) is 0 Å². The molecule has 3 fully saturated rings. The van der Waals surface area contributed by atoms with Crippen molar-refractivity contribution in [3.05, 3.63) is 59.1 Å². The number of amides is 1. The number of anilines is 2. The van der Waals surface area contributed by atoms with E-state index in [0.717, 1.165) is 84.6 Å². The number of nitrogens with zero attached hydrogens (tertiary/aromatic N) is 4. The van der Waals surface area contributed by atoms with Gasteiger partial charge < -0.3 is 14.9 Å². The van der Waals surface area contributed by atoms with Crippen molar-refractivity contribution in [2.75, 3.05) is 29.4 Å². The van der Waals surface area contributed by atoms with Crippen molar-refractivity contribution < 1.29 is 23.1 Å². The summed E-state index contributed by atoms with van der Waals surface area (Å²) in [4.78, 5) is 35.8. The number of aromatic nitrogens is 1. The summed E-state index contributed by atoms with van der Waals surface area (Å²) in [5, 5.41) is 10.2. The summed E-state index contributed by atoms with van der Waals surface area (Å²) in [7, 11) is -4.02. The van der Waals surface area contributed by atoms with Crippen LogP contribution >= 0.6 is 11.3 Å². The van der Waals surface area contributed by atoms with Gasteiger partial charge in [-0.1, -0.05) is 49.6 Å². The van der Waals surface area contributed by atoms with E-state index in [1.165, 1.54) is 10.5 Å². The molecule has 228 valence electrons. The summed E-state index contributed by atoms with van der Waals surface area (Å²) in [6, 6.07) is 12.9. The lowest BCUT2D eigenvalue weighted by Crippen LogP contribution is -2.60. The molecule has 3 aromatic rings. The molecule has 1 saturated carbocycles. The van der Waals surface area contributed by atoms with Gasteiger partial charge in [-0.2, -0.15) is 4.31 Å². The monoisotopic (exact) mass is 622 g/mol. The number of aromatic carboxylic acids is 1. The molecule has 1 amide bonds. The average Bonchev–Trinajstić information content (AvgIpc) is 3.64. The van der Waals surface area contributed by atoms with Gasteiger partial charge in [-0.15, -0.1) is 11.3 Å². The van der Waals surface area contributed by atoms with Crippen LogP contribution in [0.4, 0.5) is 11.5 Å². The Morgan fingerprint density at radius 2 is 1.79 bits per heavy atom. The van der Waals surface area contributed by atoms with Crippen LogP contribution in [0.25, 0.3) is 10.4 Å². The smallest absolute Gasteiger partial charge is 0.348 e. The molecule has 11 heteroatoms. The van der Waals surface area contributed by atoms with E-state index in [0.29, 0.717) is 11.7 Å². The molecule has 2 atom stereocenters. The third kappa shape index (κ3) is 5.70. The van der Waals surface area contributed by atoms with Crippen LogP contribution in [-0.2, 0) is 14.8 Å². The Morgan fingerprint density at radius 1 is 1.05 bits per heavy atom. The van der Waals surface area contributed by atoms with Gasteiger partial charge >= 0.3 is 5.97 Å². The highest BCUT2D eigenvalue weighted by atomic mass is 32.2. The Labute approximate surface area is 257 Å². The maximum atomic E-state index is 14.0. The molecule has 0 bridgehead atoms. The third-order valence-electron chi connectivity index (χ3n) is 9.21. The van der Waals surface area contributed by atoms with Gasteiger partial charge in [0.25, 0.3) is 0 Å². The summed E-state index contributed by atoms with van der Waals surface area (Å²) in [6.07, 6.45) is 8.41. The predicted octanol–water partition coefficient (Wildman–Crippen LogP) is 5.79. The van der Waals surface area contributed by atoms with Crippen molar-refractivity contribution in [2.24, 2.45) is 5.92 Å². The van der Waals surface area contributed by atoms with Gasteiger partial charge in [0.15, 0.2) is 0 Å². The zero-order valence-corrected chi connectivity index (χ0v) is 26.2. The summed E-state index contributed by atoms with van der Waals surface area (Å²) in [6.45, 7) is 4.69. The number of piperazine rings is 1. The average molecular weight is 623 g/mol. The largest absolute Gasteiger partial charge is 0.477 e. The number of sulfonamides is 1. The fourth-order valence-corrected chi connectivity index (χ4v) is 9.41.